The van der Waals surface area contributed by atoms with Crippen LogP contribution in [0.25, 0.3) is 0 Å². The fourth-order valence-corrected chi connectivity index (χ4v) is 1.57. The van der Waals surface area contributed by atoms with Crippen LogP contribution in [-0.2, 0) is 12.6 Å². The number of hydrogen-bond donors (Lipinski definition) is 1. The number of alkyl halides is 3. The lowest BCUT2D eigenvalue weighted by atomic mass is 10.0. The van der Waals surface area contributed by atoms with E-state index in [9.17, 15) is 13.2 Å². The SMILES string of the molecule is NC1COc2cc(C(F)(F)F)ccc2C1. The predicted octanol–water partition coefficient (Wildman–Crippen LogP) is 1.97. The second-order valence-corrected chi connectivity index (χ2v) is 3.60. The highest BCUT2D eigenvalue weighted by Crippen LogP contribution is 2.34. The zero-order chi connectivity index (χ0) is 11.1. The second-order valence-electron chi connectivity index (χ2n) is 3.60. The van der Waals surface area contributed by atoms with Gasteiger partial charge in [0.1, 0.15) is 12.4 Å². The lowest BCUT2D eigenvalue weighted by Crippen LogP contribution is -2.33. The van der Waals surface area contributed by atoms with Crippen molar-refractivity contribution in [2.75, 3.05) is 6.61 Å². The summed E-state index contributed by atoms with van der Waals surface area (Å²) in [6, 6.07) is 3.38. The van der Waals surface area contributed by atoms with Crippen LogP contribution in [0, 0.1) is 0 Å². The molecule has 2 N–H and O–H groups in total. The van der Waals surface area contributed by atoms with E-state index in [0.717, 1.165) is 17.7 Å². The summed E-state index contributed by atoms with van der Waals surface area (Å²) in [5, 5.41) is 0. The molecule has 0 amide bonds. The Morgan fingerprint density at radius 1 is 1.33 bits per heavy atom. The van der Waals surface area contributed by atoms with Crippen molar-refractivity contribution in [2.24, 2.45) is 5.73 Å². The Bertz CT molecular complexity index is 375. The lowest BCUT2D eigenvalue weighted by Gasteiger charge is -2.23. The molecule has 2 rings (SSSR count). The van der Waals surface area contributed by atoms with Gasteiger partial charge in [-0.25, -0.2) is 0 Å². The maximum atomic E-state index is 12.4. The molecule has 1 heterocycles. The van der Waals surface area contributed by atoms with Gasteiger partial charge in [-0.15, -0.1) is 0 Å². The summed E-state index contributed by atoms with van der Waals surface area (Å²) < 4.78 is 42.2. The third kappa shape index (κ3) is 2.07. The predicted molar refractivity (Wildman–Crippen MR) is 48.6 cm³/mol. The normalized spacial score (nSPS) is 20.7. The molecule has 0 saturated heterocycles. The molecule has 0 bridgehead atoms. The molecular weight excluding hydrogens is 207 g/mol. The molecule has 1 aromatic rings. The van der Waals surface area contributed by atoms with Crippen molar-refractivity contribution in [3.63, 3.8) is 0 Å². The Balaban J connectivity index is 2.35. The molecule has 0 spiro atoms. The largest absolute Gasteiger partial charge is 0.492 e. The van der Waals surface area contributed by atoms with Crippen molar-refractivity contribution in [2.45, 2.75) is 18.6 Å². The number of hydrogen-bond acceptors (Lipinski definition) is 2. The molecular formula is C10H10F3NO. The van der Waals surface area contributed by atoms with Gasteiger partial charge in [0.25, 0.3) is 0 Å². The number of rotatable bonds is 0. The van der Waals surface area contributed by atoms with Crippen molar-refractivity contribution in [3.8, 4) is 5.75 Å². The molecule has 5 heteroatoms. The summed E-state index contributed by atoms with van der Waals surface area (Å²) in [7, 11) is 0. The van der Waals surface area contributed by atoms with Crippen molar-refractivity contribution in [1.29, 1.82) is 0 Å². The summed E-state index contributed by atoms with van der Waals surface area (Å²) in [6.45, 7) is 0.272. The third-order valence-electron chi connectivity index (χ3n) is 2.33. The van der Waals surface area contributed by atoms with Gasteiger partial charge < -0.3 is 10.5 Å². The number of nitrogens with two attached hydrogens (primary N) is 1. The van der Waals surface area contributed by atoms with E-state index in [1.165, 1.54) is 6.07 Å². The number of ether oxygens (including phenoxy) is 1. The average Bonchev–Trinajstić information content (AvgIpc) is 2.15. The van der Waals surface area contributed by atoms with E-state index < -0.39 is 11.7 Å². The summed E-state index contributed by atoms with van der Waals surface area (Å²) in [4.78, 5) is 0. The van der Waals surface area contributed by atoms with E-state index in [1.54, 1.807) is 0 Å². The van der Waals surface area contributed by atoms with Gasteiger partial charge in [-0.05, 0) is 24.1 Å². The quantitative estimate of drug-likeness (QED) is 0.721. The van der Waals surface area contributed by atoms with Crippen LogP contribution in [0.15, 0.2) is 18.2 Å². The van der Waals surface area contributed by atoms with Crippen LogP contribution in [0.5, 0.6) is 5.75 Å². The van der Waals surface area contributed by atoms with Crippen LogP contribution in [0.3, 0.4) is 0 Å². The molecule has 1 aliphatic heterocycles. The maximum Gasteiger partial charge on any atom is 0.416 e. The van der Waals surface area contributed by atoms with E-state index in [1.807, 2.05) is 0 Å². The second kappa shape index (κ2) is 3.41. The molecule has 1 atom stereocenters. The zero-order valence-corrected chi connectivity index (χ0v) is 7.84. The summed E-state index contributed by atoms with van der Waals surface area (Å²) in [5.74, 6) is 0.298. The Morgan fingerprint density at radius 3 is 2.73 bits per heavy atom. The third-order valence-corrected chi connectivity index (χ3v) is 2.33. The van der Waals surface area contributed by atoms with Crippen LogP contribution in [0.1, 0.15) is 11.1 Å². The molecule has 0 radical (unpaired) electrons. The molecule has 82 valence electrons. The van der Waals surface area contributed by atoms with Gasteiger partial charge in [0, 0.05) is 6.04 Å². The van der Waals surface area contributed by atoms with Gasteiger partial charge in [-0.1, -0.05) is 6.07 Å². The van der Waals surface area contributed by atoms with Gasteiger partial charge in [-0.3, -0.25) is 0 Å². The van der Waals surface area contributed by atoms with Crippen LogP contribution in [0.2, 0.25) is 0 Å². The first-order valence-electron chi connectivity index (χ1n) is 4.55. The number of halogens is 3. The number of benzene rings is 1. The minimum atomic E-state index is -4.32. The van der Waals surface area contributed by atoms with Crippen LogP contribution < -0.4 is 10.5 Å². The minimum absolute atomic E-state index is 0.130. The Hall–Kier alpha value is -1.23. The molecule has 0 aromatic heterocycles. The molecule has 1 unspecified atom stereocenters. The van der Waals surface area contributed by atoms with Crippen molar-refractivity contribution < 1.29 is 17.9 Å². The smallest absolute Gasteiger partial charge is 0.416 e. The summed E-state index contributed by atoms with van der Waals surface area (Å²) in [6.07, 6.45) is -3.76. The average molecular weight is 217 g/mol. The zero-order valence-electron chi connectivity index (χ0n) is 7.84. The Labute approximate surface area is 84.8 Å². The first-order valence-corrected chi connectivity index (χ1v) is 4.55. The van der Waals surface area contributed by atoms with Crippen molar-refractivity contribution in [1.82, 2.24) is 0 Å². The van der Waals surface area contributed by atoms with E-state index >= 15 is 0 Å². The Morgan fingerprint density at radius 2 is 2.07 bits per heavy atom. The van der Waals surface area contributed by atoms with E-state index in [4.69, 9.17) is 10.5 Å². The molecule has 1 aromatic carbocycles. The Kier molecular flexibility index (Phi) is 2.34. The molecule has 1 aliphatic rings. The summed E-state index contributed by atoms with van der Waals surface area (Å²) >= 11 is 0. The fraction of sp³-hybridized carbons (Fsp3) is 0.400. The highest BCUT2D eigenvalue weighted by atomic mass is 19.4. The standard InChI is InChI=1S/C10H10F3NO/c11-10(12,13)7-2-1-6-3-8(14)5-15-9(6)4-7/h1-2,4,8H,3,5,14H2. The van der Waals surface area contributed by atoms with Gasteiger partial charge in [0.15, 0.2) is 0 Å². The van der Waals surface area contributed by atoms with Crippen LogP contribution >= 0.6 is 0 Å². The lowest BCUT2D eigenvalue weighted by molar-refractivity contribution is -0.137. The van der Waals surface area contributed by atoms with Crippen molar-refractivity contribution in [3.05, 3.63) is 29.3 Å². The molecule has 0 fully saturated rings. The van der Waals surface area contributed by atoms with Gasteiger partial charge in [0.2, 0.25) is 0 Å². The molecule has 15 heavy (non-hydrogen) atoms. The van der Waals surface area contributed by atoms with E-state index in [0.29, 0.717) is 12.2 Å². The highest BCUT2D eigenvalue weighted by Gasteiger charge is 2.32. The topological polar surface area (TPSA) is 35.2 Å². The van der Waals surface area contributed by atoms with E-state index in [2.05, 4.69) is 0 Å². The van der Waals surface area contributed by atoms with Gasteiger partial charge in [0.05, 0.1) is 5.56 Å². The fourth-order valence-electron chi connectivity index (χ4n) is 1.57. The number of fused-ring (bicyclic) bond motifs is 1. The molecule has 2 nitrogen and oxygen atoms in total. The van der Waals surface area contributed by atoms with Crippen LogP contribution in [0.4, 0.5) is 13.2 Å². The van der Waals surface area contributed by atoms with Crippen LogP contribution in [-0.4, -0.2) is 12.6 Å². The summed E-state index contributed by atoms with van der Waals surface area (Å²) in [5.41, 5.74) is 5.68. The molecule has 0 aliphatic carbocycles. The first kappa shape index (κ1) is 10.3. The maximum absolute atomic E-state index is 12.4. The van der Waals surface area contributed by atoms with Gasteiger partial charge in [-0.2, -0.15) is 13.2 Å². The first-order chi connectivity index (χ1) is 6.97. The monoisotopic (exact) mass is 217 g/mol. The van der Waals surface area contributed by atoms with E-state index in [-0.39, 0.29) is 12.6 Å². The van der Waals surface area contributed by atoms with Gasteiger partial charge >= 0.3 is 6.18 Å². The molecule has 0 saturated carbocycles. The highest BCUT2D eigenvalue weighted by molar-refractivity contribution is 5.40. The minimum Gasteiger partial charge on any atom is -0.492 e. The van der Waals surface area contributed by atoms with Crippen molar-refractivity contribution >= 4 is 0 Å².